The Morgan fingerprint density at radius 2 is 2.14 bits per heavy atom. The largest absolute Gasteiger partial charge is 0.459 e. The number of fused-ring (bicyclic) bond motifs is 1. The SMILES string of the molecule is CC(C)c1cnn2c(NC(C)c3cccc(F)c3)nc(OC3CCCNC3)nc12. The molecule has 0 spiro atoms. The number of nitrogens with one attached hydrogen (secondary N) is 2. The van der Waals surface area contributed by atoms with Crippen molar-refractivity contribution in [2.75, 3.05) is 18.4 Å². The molecule has 1 aromatic carbocycles. The molecule has 4 rings (SSSR count). The van der Waals surface area contributed by atoms with Gasteiger partial charge in [0.15, 0.2) is 5.65 Å². The van der Waals surface area contributed by atoms with Crippen LogP contribution in [0.2, 0.25) is 0 Å². The average Bonchev–Trinajstić information content (AvgIpc) is 3.13. The molecule has 1 aliphatic rings. The third kappa shape index (κ3) is 4.32. The lowest BCUT2D eigenvalue weighted by molar-refractivity contribution is 0.153. The van der Waals surface area contributed by atoms with Crippen molar-refractivity contribution in [1.29, 1.82) is 0 Å². The molecular formula is C21H27FN6O. The number of ether oxygens (including phenoxy) is 1. The van der Waals surface area contributed by atoms with Gasteiger partial charge < -0.3 is 15.4 Å². The first-order chi connectivity index (χ1) is 14.0. The number of hydrogen-bond donors (Lipinski definition) is 2. The Kier molecular flexibility index (Phi) is 5.62. The van der Waals surface area contributed by atoms with Crippen LogP contribution in [0.5, 0.6) is 6.01 Å². The Hall–Kier alpha value is -2.74. The van der Waals surface area contributed by atoms with E-state index in [1.54, 1.807) is 10.6 Å². The number of anilines is 1. The number of benzene rings is 1. The molecular weight excluding hydrogens is 371 g/mol. The molecule has 1 aliphatic heterocycles. The highest BCUT2D eigenvalue weighted by atomic mass is 19.1. The summed E-state index contributed by atoms with van der Waals surface area (Å²) in [6.45, 7) is 7.96. The molecule has 1 fully saturated rings. The van der Waals surface area contributed by atoms with E-state index in [0.29, 0.717) is 12.0 Å². The summed E-state index contributed by atoms with van der Waals surface area (Å²) < 4.78 is 21.4. The van der Waals surface area contributed by atoms with Gasteiger partial charge in [0.25, 0.3) is 0 Å². The number of rotatable bonds is 6. The van der Waals surface area contributed by atoms with E-state index in [2.05, 4.69) is 39.5 Å². The monoisotopic (exact) mass is 398 g/mol. The third-order valence-electron chi connectivity index (χ3n) is 5.21. The predicted molar refractivity (Wildman–Crippen MR) is 110 cm³/mol. The highest BCUT2D eigenvalue weighted by Crippen LogP contribution is 2.26. The average molecular weight is 398 g/mol. The Bertz CT molecular complexity index is 982. The van der Waals surface area contributed by atoms with Crippen LogP contribution in [0.15, 0.2) is 30.5 Å². The lowest BCUT2D eigenvalue weighted by Gasteiger charge is -2.23. The third-order valence-corrected chi connectivity index (χ3v) is 5.21. The maximum atomic E-state index is 13.6. The summed E-state index contributed by atoms with van der Waals surface area (Å²) in [5.74, 6) is 0.525. The number of halogens is 1. The van der Waals surface area contributed by atoms with E-state index < -0.39 is 0 Å². The van der Waals surface area contributed by atoms with Crippen LogP contribution in [0.3, 0.4) is 0 Å². The summed E-state index contributed by atoms with van der Waals surface area (Å²) in [4.78, 5) is 9.23. The normalized spacial score (nSPS) is 18.2. The molecule has 7 nitrogen and oxygen atoms in total. The fourth-order valence-corrected chi connectivity index (χ4v) is 3.55. The molecule has 2 atom stereocenters. The second-order valence-corrected chi connectivity index (χ2v) is 7.83. The number of nitrogens with zero attached hydrogens (tertiary/aromatic N) is 4. The van der Waals surface area contributed by atoms with Gasteiger partial charge in [-0.25, -0.2) is 4.39 Å². The van der Waals surface area contributed by atoms with E-state index in [0.717, 1.165) is 42.7 Å². The van der Waals surface area contributed by atoms with E-state index in [4.69, 9.17) is 4.74 Å². The molecule has 3 heterocycles. The summed E-state index contributed by atoms with van der Waals surface area (Å²) in [7, 11) is 0. The standard InChI is InChI=1S/C21H27FN6O/c1-13(2)18-12-24-28-19(18)26-21(29-17-8-5-9-23-11-17)27-20(28)25-14(3)15-6-4-7-16(22)10-15/h4,6-7,10,12-14,17,23H,5,8-9,11H2,1-3H3,(H,25,26,27). The van der Waals surface area contributed by atoms with Crippen molar-refractivity contribution in [2.24, 2.45) is 0 Å². The molecule has 2 unspecified atom stereocenters. The van der Waals surface area contributed by atoms with E-state index in [1.807, 2.05) is 19.2 Å². The van der Waals surface area contributed by atoms with Gasteiger partial charge in [0, 0.05) is 12.1 Å². The summed E-state index contributed by atoms with van der Waals surface area (Å²) in [6, 6.07) is 6.71. The van der Waals surface area contributed by atoms with E-state index >= 15 is 0 Å². The highest BCUT2D eigenvalue weighted by Gasteiger charge is 2.21. The van der Waals surface area contributed by atoms with Crippen LogP contribution in [0.25, 0.3) is 5.65 Å². The van der Waals surface area contributed by atoms with Crippen LogP contribution in [0.1, 0.15) is 56.7 Å². The van der Waals surface area contributed by atoms with Gasteiger partial charge in [0.05, 0.1) is 12.2 Å². The fourth-order valence-electron chi connectivity index (χ4n) is 3.55. The number of aromatic nitrogens is 4. The quantitative estimate of drug-likeness (QED) is 0.660. The maximum Gasteiger partial charge on any atom is 0.322 e. The van der Waals surface area contributed by atoms with Crippen molar-refractivity contribution in [2.45, 2.75) is 51.7 Å². The Morgan fingerprint density at radius 1 is 1.28 bits per heavy atom. The van der Waals surface area contributed by atoms with Crippen molar-refractivity contribution >= 4 is 11.6 Å². The molecule has 1 saturated heterocycles. The molecule has 0 amide bonds. The second-order valence-electron chi connectivity index (χ2n) is 7.83. The fraction of sp³-hybridized carbons (Fsp3) is 0.476. The lowest BCUT2D eigenvalue weighted by atomic mass is 10.1. The van der Waals surface area contributed by atoms with Crippen LogP contribution >= 0.6 is 0 Å². The molecule has 29 heavy (non-hydrogen) atoms. The van der Waals surface area contributed by atoms with Crippen LogP contribution < -0.4 is 15.4 Å². The zero-order chi connectivity index (χ0) is 20.4. The number of piperidine rings is 1. The minimum absolute atomic E-state index is 0.0464. The first-order valence-corrected chi connectivity index (χ1v) is 10.2. The molecule has 0 bridgehead atoms. The zero-order valence-corrected chi connectivity index (χ0v) is 17.0. The molecule has 8 heteroatoms. The smallest absolute Gasteiger partial charge is 0.322 e. The lowest BCUT2D eigenvalue weighted by Crippen LogP contribution is -2.37. The zero-order valence-electron chi connectivity index (χ0n) is 17.0. The summed E-state index contributed by atoms with van der Waals surface area (Å²) in [5.41, 5.74) is 2.58. The van der Waals surface area contributed by atoms with E-state index in [1.165, 1.54) is 12.1 Å². The van der Waals surface area contributed by atoms with Crippen LogP contribution in [-0.4, -0.2) is 38.8 Å². The van der Waals surface area contributed by atoms with Gasteiger partial charge in [-0.2, -0.15) is 19.6 Å². The van der Waals surface area contributed by atoms with Crippen LogP contribution in [0, 0.1) is 5.82 Å². The molecule has 0 radical (unpaired) electrons. The van der Waals surface area contributed by atoms with Gasteiger partial charge in [0.2, 0.25) is 5.95 Å². The van der Waals surface area contributed by atoms with Crippen LogP contribution in [-0.2, 0) is 0 Å². The second kappa shape index (κ2) is 8.32. The maximum absolute atomic E-state index is 13.6. The van der Waals surface area contributed by atoms with Gasteiger partial charge in [-0.15, -0.1) is 0 Å². The van der Waals surface area contributed by atoms with Crippen molar-refractivity contribution in [1.82, 2.24) is 24.9 Å². The minimum Gasteiger partial charge on any atom is -0.459 e. The summed E-state index contributed by atoms with van der Waals surface area (Å²) in [5, 5.41) is 11.2. The first-order valence-electron chi connectivity index (χ1n) is 10.2. The molecule has 3 aromatic rings. The molecule has 2 aromatic heterocycles. The van der Waals surface area contributed by atoms with Crippen molar-refractivity contribution in [3.63, 3.8) is 0 Å². The predicted octanol–water partition coefficient (Wildman–Crippen LogP) is 3.69. The van der Waals surface area contributed by atoms with Gasteiger partial charge >= 0.3 is 6.01 Å². The van der Waals surface area contributed by atoms with Gasteiger partial charge in [-0.05, 0) is 49.9 Å². The molecule has 0 aliphatic carbocycles. The Balaban J connectivity index is 1.68. The van der Waals surface area contributed by atoms with Gasteiger partial charge in [-0.1, -0.05) is 26.0 Å². The Morgan fingerprint density at radius 3 is 2.86 bits per heavy atom. The van der Waals surface area contributed by atoms with E-state index in [-0.39, 0.29) is 23.9 Å². The Labute approximate surface area is 169 Å². The highest BCUT2D eigenvalue weighted by molar-refractivity contribution is 5.53. The number of hydrogen-bond acceptors (Lipinski definition) is 6. The van der Waals surface area contributed by atoms with Crippen molar-refractivity contribution in [3.8, 4) is 6.01 Å². The first kappa shape index (κ1) is 19.6. The topological polar surface area (TPSA) is 76.4 Å². The molecule has 154 valence electrons. The summed E-state index contributed by atoms with van der Waals surface area (Å²) in [6.07, 6.45) is 3.91. The van der Waals surface area contributed by atoms with Gasteiger partial charge in [-0.3, -0.25) is 0 Å². The van der Waals surface area contributed by atoms with E-state index in [9.17, 15) is 4.39 Å². The van der Waals surface area contributed by atoms with Crippen LogP contribution in [0.4, 0.5) is 10.3 Å². The van der Waals surface area contributed by atoms with Crippen molar-refractivity contribution in [3.05, 3.63) is 47.4 Å². The molecule has 2 N–H and O–H groups in total. The van der Waals surface area contributed by atoms with Gasteiger partial charge in [0.1, 0.15) is 11.9 Å². The molecule has 0 saturated carbocycles. The summed E-state index contributed by atoms with van der Waals surface area (Å²) >= 11 is 0. The van der Waals surface area contributed by atoms with Crippen molar-refractivity contribution < 1.29 is 9.13 Å². The minimum atomic E-state index is -0.265.